The van der Waals surface area contributed by atoms with Crippen molar-refractivity contribution in [2.24, 2.45) is 4.99 Å². The number of benzene rings is 2. The van der Waals surface area contributed by atoms with Gasteiger partial charge in [-0.15, -0.1) is 0 Å². The van der Waals surface area contributed by atoms with E-state index in [0.717, 1.165) is 64.8 Å². The van der Waals surface area contributed by atoms with Gasteiger partial charge in [0.15, 0.2) is 5.96 Å². The molecule has 6 heteroatoms. The highest BCUT2D eigenvalue weighted by atomic mass is 16.5. The van der Waals surface area contributed by atoms with Crippen LogP contribution in [-0.4, -0.2) is 64.3 Å². The molecule has 6 nitrogen and oxygen atoms in total. The molecule has 162 valence electrons. The number of piperazine rings is 1. The fourth-order valence-electron chi connectivity index (χ4n) is 3.75. The molecule has 1 saturated heterocycles. The topological polar surface area (TPSA) is 52.1 Å². The van der Waals surface area contributed by atoms with Gasteiger partial charge in [-0.3, -0.25) is 9.89 Å². The molecule has 0 unspecified atom stereocenters. The van der Waals surface area contributed by atoms with Crippen LogP contribution in [0.1, 0.15) is 17.5 Å². The smallest absolute Gasteiger partial charge is 0.191 e. The van der Waals surface area contributed by atoms with E-state index in [9.17, 15) is 0 Å². The van der Waals surface area contributed by atoms with E-state index in [2.05, 4.69) is 80.0 Å². The van der Waals surface area contributed by atoms with Gasteiger partial charge in [0.25, 0.3) is 0 Å². The van der Waals surface area contributed by atoms with Crippen LogP contribution in [0.2, 0.25) is 0 Å². The van der Waals surface area contributed by atoms with E-state index in [1.165, 1.54) is 16.8 Å². The molecule has 0 aromatic heterocycles. The molecule has 2 N–H and O–H groups in total. The van der Waals surface area contributed by atoms with Gasteiger partial charge >= 0.3 is 0 Å². The Morgan fingerprint density at radius 3 is 2.33 bits per heavy atom. The average molecular weight is 410 g/mol. The van der Waals surface area contributed by atoms with Gasteiger partial charge in [-0.2, -0.15) is 0 Å². The van der Waals surface area contributed by atoms with Crippen molar-refractivity contribution in [2.45, 2.75) is 19.5 Å². The fourth-order valence-corrected chi connectivity index (χ4v) is 3.75. The van der Waals surface area contributed by atoms with Gasteiger partial charge in [0.2, 0.25) is 0 Å². The van der Waals surface area contributed by atoms with E-state index in [0.29, 0.717) is 0 Å². The minimum atomic E-state index is 0.754. The van der Waals surface area contributed by atoms with E-state index in [-0.39, 0.29) is 0 Å². The zero-order valence-electron chi connectivity index (χ0n) is 18.3. The molecule has 0 aliphatic carbocycles. The molecule has 3 rings (SSSR count). The van der Waals surface area contributed by atoms with E-state index >= 15 is 0 Å². The summed E-state index contributed by atoms with van der Waals surface area (Å²) in [6, 6.07) is 19.4. The van der Waals surface area contributed by atoms with Crippen LogP contribution in [0.25, 0.3) is 0 Å². The number of nitrogens with one attached hydrogen (secondary N) is 2. The number of rotatable bonds is 9. The van der Waals surface area contributed by atoms with E-state index in [4.69, 9.17) is 4.74 Å². The molecule has 30 heavy (non-hydrogen) atoms. The Labute approximate surface area is 180 Å². The minimum Gasteiger partial charge on any atom is -0.385 e. The van der Waals surface area contributed by atoms with Crippen LogP contribution in [0.4, 0.5) is 5.69 Å². The Morgan fingerprint density at radius 2 is 1.63 bits per heavy atom. The highest BCUT2D eigenvalue weighted by Crippen LogP contribution is 2.18. The van der Waals surface area contributed by atoms with Gasteiger partial charge in [0, 0.05) is 72.3 Å². The molecule has 2 aromatic carbocycles. The van der Waals surface area contributed by atoms with Crippen molar-refractivity contribution < 1.29 is 4.74 Å². The van der Waals surface area contributed by atoms with Crippen molar-refractivity contribution in [1.82, 2.24) is 15.5 Å². The first-order valence-electron chi connectivity index (χ1n) is 10.8. The number of aliphatic imine (C=N–C) groups is 1. The zero-order chi connectivity index (χ0) is 21.0. The monoisotopic (exact) mass is 409 g/mol. The van der Waals surface area contributed by atoms with Crippen molar-refractivity contribution in [3.63, 3.8) is 0 Å². The lowest BCUT2D eigenvalue weighted by molar-refractivity contribution is 0.195. The van der Waals surface area contributed by atoms with Gasteiger partial charge in [-0.25, -0.2) is 0 Å². The third kappa shape index (κ3) is 6.75. The van der Waals surface area contributed by atoms with Gasteiger partial charge in [0.1, 0.15) is 0 Å². The number of hydrogen-bond donors (Lipinski definition) is 2. The standard InChI is InChI=1S/C24H35N5O/c1-25-24(26-13-8-18-30-2)27-19-21-9-6-7-10-22(21)20-28-14-16-29(17-15-28)23-11-4-3-5-12-23/h3-7,9-12H,8,13-20H2,1-2H3,(H2,25,26,27). The lowest BCUT2D eigenvalue weighted by Crippen LogP contribution is -2.46. The second kappa shape index (κ2) is 12.2. The molecular weight excluding hydrogens is 374 g/mol. The molecule has 0 saturated carbocycles. The van der Waals surface area contributed by atoms with E-state index < -0.39 is 0 Å². The molecule has 1 fully saturated rings. The largest absolute Gasteiger partial charge is 0.385 e. The molecule has 1 aliphatic rings. The van der Waals surface area contributed by atoms with Gasteiger partial charge in [-0.05, 0) is 29.7 Å². The first-order valence-corrected chi connectivity index (χ1v) is 10.8. The second-order valence-electron chi connectivity index (χ2n) is 7.57. The number of ether oxygens (including phenoxy) is 1. The molecule has 0 spiro atoms. The van der Waals surface area contributed by atoms with E-state index in [1.807, 2.05) is 7.05 Å². The van der Waals surface area contributed by atoms with Crippen LogP contribution in [0.5, 0.6) is 0 Å². The lowest BCUT2D eigenvalue weighted by atomic mass is 10.1. The van der Waals surface area contributed by atoms with Gasteiger partial charge in [-0.1, -0.05) is 42.5 Å². The first-order chi connectivity index (χ1) is 14.8. The van der Waals surface area contributed by atoms with Crippen LogP contribution in [-0.2, 0) is 17.8 Å². The molecule has 1 aliphatic heterocycles. The van der Waals surface area contributed by atoms with Crippen molar-refractivity contribution in [1.29, 1.82) is 0 Å². The Balaban J connectivity index is 1.49. The SMILES string of the molecule is CN=C(NCCCOC)NCc1ccccc1CN1CCN(c2ccccc2)CC1. The van der Waals surface area contributed by atoms with Gasteiger partial charge < -0.3 is 20.3 Å². The highest BCUT2D eigenvalue weighted by Gasteiger charge is 2.18. The maximum atomic E-state index is 5.10. The Morgan fingerprint density at radius 1 is 0.933 bits per heavy atom. The van der Waals surface area contributed by atoms with Crippen molar-refractivity contribution >= 4 is 11.6 Å². The van der Waals surface area contributed by atoms with Crippen molar-refractivity contribution in [3.8, 4) is 0 Å². The summed E-state index contributed by atoms with van der Waals surface area (Å²) in [4.78, 5) is 9.35. The summed E-state index contributed by atoms with van der Waals surface area (Å²) in [7, 11) is 3.54. The van der Waals surface area contributed by atoms with Crippen molar-refractivity contribution in [3.05, 3.63) is 65.7 Å². The summed E-state index contributed by atoms with van der Waals surface area (Å²) in [5.74, 6) is 0.831. The third-order valence-electron chi connectivity index (χ3n) is 5.49. The number of nitrogens with zero attached hydrogens (tertiary/aromatic N) is 3. The molecule has 2 aromatic rings. The molecule has 1 heterocycles. The molecule has 0 bridgehead atoms. The van der Waals surface area contributed by atoms with Crippen LogP contribution in [0, 0.1) is 0 Å². The average Bonchev–Trinajstić information content (AvgIpc) is 2.80. The number of hydrogen-bond acceptors (Lipinski definition) is 4. The summed E-state index contributed by atoms with van der Waals surface area (Å²) in [6.45, 7) is 7.67. The Hall–Kier alpha value is -2.57. The quantitative estimate of drug-likeness (QED) is 0.379. The van der Waals surface area contributed by atoms with Crippen LogP contribution >= 0.6 is 0 Å². The van der Waals surface area contributed by atoms with Gasteiger partial charge in [0.05, 0.1) is 0 Å². The van der Waals surface area contributed by atoms with Crippen molar-refractivity contribution in [2.75, 3.05) is 58.4 Å². The summed E-state index contributed by atoms with van der Waals surface area (Å²) >= 11 is 0. The number of anilines is 1. The third-order valence-corrected chi connectivity index (χ3v) is 5.49. The Bertz CT molecular complexity index is 772. The summed E-state index contributed by atoms with van der Waals surface area (Å²) in [5, 5.41) is 6.78. The molecule has 0 amide bonds. The van der Waals surface area contributed by atoms with Crippen LogP contribution in [0.3, 0.4) is 0 Å². The summed E-state index contributed by atoms with van der Waals surface area (Å²) in [5.41, 5.74) is 4.03. The summed E-state index contributed by atoms with van der Waals surface area (Å²) < 4.78 is 5.10. The lowest BCUT2D eigenvalue weighted by Gasteiger charge is -2.36. The second-order valence-corrected chi connectivity index (χ2v) is 7.57. The maximum absolute atomic E-state index is 5.10. The summed E-state index contributed by atoms with van der Waals surface area (Å²) in [6.07, 6.45) is 0.961. The first kappa shape index (κ1) is 22.1. The minimum absolute atomic E-state index is 0.754. The normalized spacial score (nSPS) is 15.3. The number of methoxy groups -OCH3 is 1. The Kier molecular flexibility index (Phi) is 9.00. The van der Waals surface area contributed by atoms with Crippen LogP contribution < -0.4 is 15.5 Å². The zero-order valence-corrected chi connectivity index (χ0v) is 18.3. The highest BCUT2D eigenvalue weighted by molar-refractivity contribution is 5.79. The van der Waals surface area contributed by atoms with Crippen LogP contribution in [0.15, 0.2) is 59.6 Å². The molecular formula is C24H35N5O. The fraction of sp³-hybridized carbons (Fsp3) is 0.458. The maximum Gasteiger partial charge on any atom is 0.191 e. The number of para-hydroxylation sites is 1. The van der Waals surface area contributed by atoms with E-state index in [1.54, 1.807) is 7.11 Å². The molecule has 0 radical (unpaired) electrons. The molecule has 0 atom stereocenters. The predicted octanol–water partition coefficient (Wildman–Crippen LogP) is 2.71. The number of guanidine groups is 1. The predicted molar refractivity (Wildman–Crippen MR) is 125 cm³/mol.